The highest BCUT2D eigenvalue weighted by Crippen LogP contribution is 2.23. The van der Waals surface area contributed by atoms with E-state index in [1.807, 2.05) is 24.3 Å². The zero-order chi connectivity index (χ0) is 20.8. The second kappa shape index (κ2) is 9.69. The van der Waals surface area contributed by atoms with E-state index >= 15 is 0 Å². The Bertz CT molecular complexity index is 806. The highest BCUT2D eigenvalue weighted by molar-refractivity contribution is 5.92. The number of halogens is 2. The molecule has 0 saturated carbocycles. The molecule has 156 valence electrons. The Morgan fingerprint density at radius 1 is 1.21 bits per heavy atom. The van der Waals surface area contributed by atoms with Crippen molar-refractivity contribution in [1.82, 2.24) is 4.90 Å². The first kappa shape index (κ1) is 21.0. The summed E-state index contributed by atoms with van der Waals surface area (Å²) in [6.07, 6.45) is 2.36. The van der Waals surface area contributed by atoms with E-state index in [2.05, 4.69) is 33.9 Å². The smallest absolute Gasteiger partial charge is 0.387 e. The monoisotopic (exact) mass is 403 g/mol. The molecule has 0 bridgehead atoms. The molecule has 7 heteroatoms. The van der Waals surface area contributed by atoms with Crippen LogP contribution in [0, 0.1) is 0 Å². The maximum atomic E-state index is 12.3. The summed E-state index contributed by atoms with van der Waals surface area (Å²) >= 11 is 0. The average Bonchev–Trinajstić information content (AvgIpc) is 2.68. The fraction of sp³-hybridized carbons (Fsp3) is 0.409. The quantitative estimate of drug-likeness (QED) is 0.759. The number of anilines is 2. The first-order chi connectivity index (χ1) is 13.9. The third kappa shape index (κ3) is 6.15. The van der Waals surface area contributed by atoms with Gasteiger partial charge in [0.1, 0.15) is 5.75 Å². The highest BCUT2D eigenvalue weighted by Gasteiger charge is 2.20. The molecule has 1 aliphatic heterocycles. The van der Waals surface area contributed by atoms with Gasteiger partial charge < -0.3 is 19.9 Å². The summed E-state index contributed by atoms with van der Waals surface area (Å²) in [6, 6.07) is 14.5. The van der Waals surface area contributed by atoms with E-state index in [9.17, 15) is 13.6 Å². The van der Waals surface area contributed by atoms with Crippen molar-refractivity contribution in [2.24, 2.45) is 0 Å². The second-order valence-corrected chi connectivity index (χ2v) is 7.44. The van der Waals surface area contributed by atoms with E-state index in [0.717, 1.165) is 31.6 Å². The van der Waals surface area contributed by atoms with Gasteiger partial charge >= 0.3 is 6.61 Å². The molecule has 0 atom stereocenters. The van der Waals surface area contributed by atoms with Crippen LogP contribution in [0.4, 0.5) is 20.2 Å². The molecule has 2 aromatic rings. The molecule has 0 radical (unpaired) electrons. The van der Waals surface area contributed by atoms with Gasteiger partial charge in [0, 0.05) is 24.5 Å². The Hall–Kier alpha value is -2.67. The standard InChI is InChI=1S/C22H27F2N3O2/c1-26-12-10-19(11-13-26)27(2)18-8-6-17(7-9-18)25-21(28)15-16-4-3-5-20(14-16)29-22(23)24/h3-9,14,19,22H,10-13,15H2,1-2H3,(H,25,28). The summed E-state index contributed by atoms with van der Waals surface area (Å²) in [6.45, 7) is -0.676. The topological polar surface area (TPSA) is 44.8 Å². The Labute approximate surface area is 170 Å². The number of benzene rings is 2. The minimum absolute atomic E-state index is 0.0478. The van der Waals surface area contributed by atoms with Crippen LogP contribution in [0.1, 0.15) is 18.4 Å². The maximum absolute atomic E-state index is 12.3. The van der Waals surface area contributed by atoms with Crippen LogP contribution in [0.15, 0.2) is 48.5 Å². The third-order valence-corrected chi connectivity index (χ3v) is 5.28. The van der Waals surface area contributed by atoms with Crippen molar-refractivity contribution in [3.8, 4) is 5.75 Å². The summed E-state index contributed by atoms with van der Waals surface area (Å²) in [7, 11) is 4.26. The fourth-order valence-electron chi connectivity index (χ4n) is 3.60. The molecule has 1 fully saturated rings. The first-order valence-corrected chi connectivity index (χ1v) is 9.76. The van der Waals surface area contributed by atoms with E-state index < -0.39 is 6.61 Å². The molecule has 5 nitrogen and oxygen atoms in total. The number of likely N-dealkylation sites (tertiary alicyclic amines) is 1. The van der Waals surface area contributed by atoms with Gasteiger partial charge in [-0.1, -0.05) is 12.1 Å². The number of rotatable bonds is 7. The summed E-state index contributed by atoms with van der Waals surface area (Å²) in [4.78, 5) is 16.9. The fourth-order valence-corrected chi connectivity index (χ4v) is 3.60. The molecule has 2 aromatic carbocycles. The maximum Gasteiger partial charge on any atom is 0.387 e. The molecule has 1 aliphatic rings. The Morgan fingerprint density at radius 3 is 2.55 bits per heavy atom. The number of carbonyl (C=O) groups excluding carboxylic acids is 1. The third-order valence-electron chi connectivity index (χ3n) is 5.28. The number of nitrogens with zero attached hydrogens (tertiary/aromatic N) is 2. The molecular weight excluding hydrogens is 376 g/mol. The Kier molecular flexibility index (Phi) is 7.04. The minimum atomic E-state index is -2.88. The first-order valence-electron chi connectivity index (χ1n) is 9.76. The molecule has 1 amide bonds. The van der Waals surface area contributed by atoms with Gasteiger partial charge in [-0.15, -0.1) is 0 Å². The SMILES string of the molecule is CN1CCC(N(C)c2ccc(NC(=O)Cc3cccc(OC(F)F)c3)cc2)CC1. The molecule has 0 spiro atoms. The van der Waals surface area contributed by atoms with Crippen LogP contribution in [0.25, 0.3) is 0 Å². The van der Waals surface area contributed by atoms with Crippen molar-refractivity contribution < 1.29 is 18.3 Å². The molecule has 29 heavy (non-hydrogen) atoms. The van der Waals surface area contributed by atoms with Crippen LogP contribution in [-0.2, 0) is 11.2 Å². The predicted octanol–water partition coefficient (Wildman–Crippen LogP) is 4.00. The van der Waals surface area contributed by atoms with Crippen LogP contribution in [0.3, 0.4) is 0 Å². The number of piperidine rings is 1. The zero-order valence-electron chi connectivity index (χ0n) is 16.8. The van der Waals surface area contributed by atoms with Crippen LogP contribution in [-0.4, -0.2) is 50.6 Å². The minimum Gasteiger partial charge on any atom is -0.435 e. The van der Waals surface area contributed by atoms with E-state index in [-0.39, 0.29) is 18.1 Å². The molecule has 0 unspecified atom stereocenters. The Balaban J connectivity index is 1.54. The van der Waals surface area contributed by atoms with Gasteiger partial charge in [0.05, 0.1) is 6.42 Å². The van der Waals surface area contributed by atoms with Gasteiger partial charge in [-0.25, -0.2) is 0 Å². The van der Waals surface area contributed by atoms with Crippen LogP contribution in [0.5, 0.6) is 5.75 Å². The lowest BCUT2D eigenvalue weighted by atomic mass is 10.0. The van der Waals surface area contributed by atoms with Crippen molar-refractivity contribution in [3.05, 3.63) is 54.1 Å². The predicted molar refractivity (Wildman–Crippen MR) is 111 cm³/mol. The number of hydrogen-bond acceptors (Lipinski definition) is 4. The summed E-state index contributed by atoms with van der Waals surface area (Å²) in [5, 5.41) is 2.85. The number of hydrogen-bond donors (Lipinski definition) is 1. The van der Waals surface area contributed by atoms with E-state index in [1.165, 1.54) is 12.1 Å². The number of nitrogens with one attached hydrogen (secondary N) is 1. The lowest BCUT2D eigenvalue weighted by Crippen LogP contribution is -2.41. The van der Waals surface area contributed by atoms with Crippen molar-refractivity contribution in [2.75, 3.05) is 37.4 Å². The summed E-state index contributed by atoms with van der Waals surface area (Å²) in [5.41, 5.74) is 2.43. The normalized spacial score (nSPS) is 15.3. The molecule has 3 rings (SSSR count). The number of amides is 1. The van der Waals surface area contributed by atoms with Crippen molar-refractivity contribution >= 4 is 17.3 Å². The van der Waals surface area contributed by atoms with Gasteiger partial charge in [-0.2, -0.15) is 8.78 Å². The van der Waals surface area contributed by atoms with Gasteiger partial charge in [0.25, 0.3) is 0 Å². The van der Waals surface area contributed by atoms with Gasteiger partial charge in [-0.05, 0) is 74.9 Å². The van der Waals surface area contributed by atoms with E-state index in [4.69, 9.17) is 0 Å². The summed E-state index contributed by atoms with van der Waals surface area (Å²) < 4.78 is 29.0. The van der Waals surface area contributed by atoms with E-state index in [0.29, 0.717) is 17.3 Å². The van der Waals surface area contributed by atoms with Crippen molar-refractivity contribution in [2.45, 2.75) is 31.9 Å². The molecule has 0 aromatic heterocycles. The summed E-state index contributed by atoms with van der Waals surface area (Å²) in [5.74, 6) is -0.165. The Morgan fingerprint density at radius 2 is 1.90 bits per heavy atom. The molecular formula is C22H27F2N3O2. The average molecular weight is 403 g/mol. The lowest BCUT2D eigenvalue weighted by molar-refractivity contribution is -0.115. The molecule has 1 saturated heterocycles. The highest BCUT2D eigenvalue weighted by atomic mass is 19.3. The number of alkyl halides is 2. The van der Waals surface area contributed by atoms with Gasteiger partial charge in [-0.3, -0.25) is 4.79 Å². The van der Waals surface area contributed by atoms with Crippen molar-refractivity contribution in [1.29, 1.82) is 0 Å². The van der Waals surface area contributed by atoms with Crippen LogP contribution < -0.4 is 15.0 Å². The van der Waals surface area contributed by atoms with Gasteiger partial charge in [0.15, 0.2) is 0 Å². The second-order valence-electron chi connectivity index (χ2n) is 7.44. The van der Waals surface area contributed by atoms with Crippen LogP contribution in [0.2, 0.25) is 0 Å². The van der Waals surface area contributed by atoms with Gasteiger partial charge in [0.2, 0.25) is 5.91 Å². The number of carbonyl (C=O) groups is 1. The molecule has 1 N–H and O–H groups in total. The van der Waals surface area contributed by atoms with Crippen molar-refractivity contribution in [3.63, 3.8) is 0 Å². The lowest BCUT2D eigenvalue weighted by Gasteiger charge is -2.36. The van der Waals surface area contributed by atoms with Crippen LogP contribution >= 0.6 is 0 Å². The van der Waals surface area contributed by atoms with E-state index in [1.54, 1.807) is 12.1 Å². The number of ether oxygens (including phenoxy) is 1. The zero-order valence-corrected chi connectivity index (χ0v) is 16.8. The molecule has 1 heterocycles. The molecule has 0 aliphatic carbocycles. The largest absolute Gasteiger partial charge is 0.435 e.